The van der Waals surface area contributed by atoms with Crippen molar-refractivity contribution in [1.29, 1.82) is 0 Å². The Morgan fingerprint density at radius 1 is 1.69 bits per heavy atom. The lowest BCUT2D eigenvalue weighted by atomic mass is 10.2. The van der Waals surface area contributed by atoms with E-state index in [1.54, 1.807) is 0 Å². The highest BCUT2D eigenvalue weighted by Crippen LogP contribution is 2.07. The van der Waals surface area contributed by atoms with Crippen LogP contribution in [0.15, 0.2) is 0 Å². The van der Waals surface area contributed by atoms with Gasteiger partial charge in [-0.3, -0.25) is 0 Å². The fourth-order valence-corrected chi connectivity index (χ4v) is 2.01. The largest absolute Gasteiger partial charge is 0.395 e. The SMILES string of the molecule is CSCCC(CO)NC1CCOC1. The van der Waals surface area contributed by atoms with Gasteiger partial charge in [0.15, 0.2) is 0 Å². The van der Waals surface area contributed by atoms with Crippen LogP contribution in [0.4, 0.5) is 0 Å². The predicted octanol–water partition coefficient (Wildman–Crippen LogP) is 0.479. The molecule has 3 nitrogen and oxygen atoms in total. The van der Waals surface area contributed by atoms with Crippen LogP contribution in [0.5, 0.6) is 0 Å². The summed E-state index contributed by atoms with van der Waals surface area (Å²) < 4.78 is 5.26. The Balaban J connectivity index is 2.13. The summed E-state index contributed by atoms with van der Waals surface area (Å²) in [6, 6.07) is 0.707. The lowest BCUT2D eigenvalue weighted by Crippen LogP contribution is -2.41. The molecule has 4 heteroatoms. The number of hydrogen-bond donors (Lipinski definition) is 2. The van der Waals surface area contributed by atoms with Gasteiger partial charge in [0.1, 0.15) is 0 Å². The minimum absolute atomic E-state index is 0.233. The third-order valence-electron chi connectivity index (χ3n) is 2.29. The number of rotatable bonds is 6. The maximum Gasteiger partial charge on any atom is 0.0620 e. The van der Waals surface area contributed by atoms with Crippen LogP contribution in [0.1, 0.15) is 12.8 Å². The summed E-state index contributed by atoms with van der Waals surface area (Å²) in [4.78, 5) is 0. The monoisotopic (exact) mass is 205 g/mol. The van der Waals surface area contributed by atoms with Crippen molar-refractivity contribution in [3.8, 4) is 0 Å². The fraction of sp³-hybridized carbons (Fsp3) is 1.00. The number of hydrogen-bond acceptors (Lipinski definition) is 4. The van der Waals surface area contributed by atoms with Gasteiger partial charge >= 0.3 is 0 Å². The van der Waals surface area contributed by atoms with E-state index in [1.165, 1.54) is 0 Å². The molecular formula is C9H19NO2S. The van der Waals surface area contributed by atoms with E-state index in [2.05, 4.69) is 11.6 Å². The first-order valence-corrected chi connectivity index (χ1v) is 6.19. The smallest absolute Gasteiger partial charge is 0.0620 e. The third-order valence-corrected chi connectivity index (χ3v) is 2.94. The molecular weight excluding hydrogens is 186 g/mol. The van der Waals surface area contributed by atoms with Crippen LogP contribution in [0.25, 0.3) is 0 Å². The van der Waals surface area contributed by atoms with Gasteiger partial charge in [-0.2, -0.15) is 11.8 Å². The quantitative estimate of drug-likeness (QED) is 0.662. The average Bonchev–Trinajstić information content (AvgIpc) is 2.64. The van der Waals surface area contributed by atoms with Crippen LogP contribution in [0.3, 0.4) is 0 Å². The maximum atomic E-state index is 9.10. The molecule has 0 aromatic carbocycles. The standard InChI is InChI=1S/C9H19NO2S/c1-13-5-3-8(6-11)10-9-2-4-12-7-9/h8-11H,2-7H2,1H3. The number of aliphatic hydroxyl groups excluding tert-OH is 1. The van der Waals surface area contributed by atoms with Gasteiger partial charge in [-0.05, 0) is 24.9 Å². The van der Waals surface area contributed by atoms with Crippen LogP contribution in [-0.2, 0) is 4.74 Å². The molecule has 0 saturated carbocycles. The molecule has 0 amide bonds. The summed E-state index contributed by atoms with van der Waals surface area (Å²) >= 11 is 1.82. The normalized spacial score (nSPS) is 24.9. The van der Waals surface area contributed by atoms with Crippen LogP contribution < -0.4 is 5.32 Å². The molecule has 2 N–H and O–H groups in total. The molecule has 2 unspecified atom stereocenters. The first kappa shape index (κ1) is 11.3. The molecule has 1 rings (SSSR count). The van der Waals surface area contributed by atoms with Crippen molar-refractivity contribution in [2.45, 2.75) is 24.9 Å². The molecule has 13 heavy (non-hydrogen) atoms. The Kier molecular flexibility index (Phi) is 5.78. The number of aliphatic hydroxyl groups is 1. The molecule has 1 saturated heterocycles. The van der Waals surface area contributed by atoms with Crippen LogP contribution in [-0.4, -0.2) is 49.0 Å². The van der Waals surface area contributed by atoms with Crippen molar-refractivity contribution in [2.75, 3.05) is 31.8 Å². The highest BCUT2D eigenvalue weighted by molar-refractivity contribution is 7.98. The predicted molar refractivity (Wildman–Crippen MR) is 56.2 cm³/mol. The molecule has 0 aromatic heterocycles. The molecule has 0 aliphatic carbocycles. The Hall–Kier alpha value is 0.230. The topological polar surface area (TPSA) is 41.5 Å². The minimum atomic E-state index is 0.233. The molecule has 0 aromatic rings. The maximum absolute atomic E-state index is 9.10. The van der Waals surface area contributed by atoms with E-state index < -0.39 is 0 Å². The molecule has 2 atom stereocenters. The lowest BCUT2D eigenvalue weighted by Gasteiger charge is -2.19. The highest BCUT2D eigenvalue weighted by atomic mass is 32.2. The van der Waals surface area contributed by atoms with Crippen molar-refractivity contribution in [3.63, 3.8) is 0 Å². The van der Waals surface area contributed by atoms with Gasteiger partial charge < -0.3 is 15.2 Å². The summed E-state index contributed by atoms with van der Waals surface area (Å²) in [5.74, 6) is 1.10. The van der Waals surface area contributed by atoms with Crippen molar-refractivity contribution in [2.24, 2.45) is 0 Å². The summed E-state index contributed by atoms with van der Waals surface area (Å²) in [5, 5.41) is 12.5. The van der Waals surface area contributed by atoms with E-state index >= 15 is 0 Å². The zero-order chi connectivity index (χ0) is 9.52. The third kappa shape index (κ3) is 4.31. The Labute approximate surface area is 84.2 Å². The fourth-order valence-electron chi connectivity index (χ4n) is 1.49. The molecule has 0 bridgehead atoms. The van der Waals surface area contributed by atoms with Crippen LogP contribution in [0.2, 0.25) is 0 Å². The van der Waals surface area contributed by atoms with Crippen molar-refractivity contribution in [3.05, 3.63) is 0 Å². The molecule has 78 valence electrons. The van der Waals surface area contributed by atoms with Gasteiger partial charge in [0.25, 0.3) is 0 Å². The van der Waals surface area contributed by atoms with Gasteiger partial charge in [-0.25, -0.2) is 0 Å². The van der Waals surface area contributed by atoms with Gasteiger partial charge in [-0.1, -0.05) is 0 Å². The molecule has 1 aliphatic heterocycles. The molecule has 1 aliphatic rings. The summed E-state index contributed by atoms with van der Waals surface area (Å²) in [7, 11) is 0. The average molecular weight is 205 g/mol. The van der Waals surface area contributed by atoms with Crippen molar-refractivity contribution in [1.82, 2.24) is 5.32 Å². The lowest BCUT2D eigenvalue weighted by molar-refractivity contribution is 0.179. The van der Waals surface area contributed by atoms with E-state index in [-0.39, 0.29) is 12.6 Å². The van der Waals surface area contributed by atoms with Crippen molar-refractivity contribution >= 4 is 11.8 Å². The number of thioether (sulfide) groups is 1. The molecule has 0 spiro atoms. The van der Waals surface area contributed by atoms with E-state index in [9.17, 15) is 0 Å². The van der Waals surface area contributed by atoms with E-state index in [0.717, 1.165) is 31.8 Å². The van der Waals surface area contributed by atoms with Gasteiger partial charge in [-0.15, -0.1) is 0 Å². The second kappa shape index (κ2) is 6.65. The van der Waals surface area contributed by atoms with E-state index in [0.29, 0.717) is 6.04 Å². The van der Waals surface area contributed by atoms with E-state index in [4.69, 9.17) is 9.84 Å². The summed E-state index contributed by atoms with van der Waals surface area (Å²) in [5.41, 5.74) is 0. The Morgan fingerprint density at radius 3 is 3.08 bits per heavy atom. The minimum Gasteiger partial charge on any atom is -0.395 e. The van der Waals surface area contributed by atoms with E-state index in [1.807, 2.05) is 11.8 Å². The van der Waals surface area contributed by atoms with Crippen LogP contribution >= 0.6 is 11.8 Å². The number of nitrogens with one attached hydrogen (secondary N) is 1. The van der Waals surface area contributed by atoms with Crippen molar-refractivity contribution < 1.29 is 9.84 Å². The second-order valence-electron chi connectivity index (χ2n) is 3.39. The summed E-state index contributed by atoms with van der Waals surface area (Å²) in [6.07, 6.45) is 4.21. The zero-order valence-corrected chi connectivity index (χ0v) is 8.98. The summed E-state index contributed by atoms with van der Waals surface area (Å²) in [6.45, 7) is 1.89. The molecule has 1 heterocycles. The highest BCUT2D eigenvalue weighted by Gasteiger charge is 2.18. The Bertz CT molecular complexity index is 129. The van der Waals surface area contributed by atoms with Gasteiger partial charge in [0, 0.05) is 18.7 Å². The molecule has 0 radical (unpaired) electrons. The van der Waals surface area contributed by atoms with Gasteiger partial charge in [0.2, 0.25) is 0 Å². The first-order chi connectivity index (χ1) is 6.36. The zero-order valence-electron chi connectivity index (χ0n) is 8.16. The Morgan fingerprint density at radius 2 is 2.54 bits per heavy atom. The first-order valence-electron chi connectivity index (χ1n) is 4.80. The van der Waals surface area contributed by atoms with Crippen LogP contribution in [0, 0.1) is 0 Å². The number of ether oxygens (including phenoxy) is 1. The van der Waals surface area contributed by atoms with Gasteiger partial charge in [0.05, 0.1) is 13.2 Å². The molecule has 1 fully saturated rings. The second-order valence-corrected chi connectivity index (χ2v) is 4.37.